The maximum Gasteiger partial charge on any atom is 0.209 e. The van der Waals surface area contributed by atoms with Gasteiger partial charge in [-0.15, -0.1) is 0 Å². The third-order valence-corrected chi connectivity index (χ3v) is 11.8. The molecule has 54 heavy (non-hydrogen) atoms. The van der Waals surface area contributed by atoms with Gasteiger partial charge in [0.2, 0.25) is 5.69 Å². The second-order valence-electron chi connectivity index (χ2n) is 15.3. The highest BCUT2D eigenvalue weighted by molar-refractivity contribution is 6.42. The Morgan fingerprint density at radius 3 is 2.35 bits per heavy atom. The molecule has 0 radical (unpaired) electrons. The third-order valence-electron chi connectivity index (χ3n) is 11.8. The fourth-order valence-corrected chi connectivity index (χ4v) is 8.67. The zero-order chi connectivity index (χ0) is 37.4. The van der Waals surface area contributed by atoms with Gasteiger partial charge < -0.3 is 14.4 Å². The first-order valence-electron chi connectivity index (χ1n) is 19.4. The Labute approximate surface area is 318 Å². The van der Waals surface area contributed by atoms with E-state index in [4.69, 9.17) is 4.74 Å². The number of para-hydroxylation sites is 3. The maximum absolute atomic E-state index is 14.7. The van der Waals surface area contributed by atoms with Gasteiger partial charge >= 0.3 is 0 Å². The van der Waals surface area contributed by atoms with Gasteiger partial charge in [0, 0.05) is 59.0 Å². The number of carbonyl (C=O) groups excluding carboxylic acids is 1. The number of carbonyl (C=O) groups is 1. The molecule has 0 fully saturated rings. The monoisotopic (exact) mass is 712 g/mol. The van der Waals surface area contributed by atoms with Gasteiger partial charge in [-0.2, -0.15) is 4.58 Å². The van der Waals surface area contributed by atoms with E-state index in [0.717, 1.165) is 83.5 Å². The van der Waals surface area contributed by atoms with E-state index in [2.05, 4.69) is 121 Å². The van der Waals surface area contributed by atoms with Crippen molar-refractivity contribution in [2.24, 2.45) is 5.92 Å². The molecule has 0 saturated carbocycles. The molecule has 0 saturated heterocycles. The van der Waals surface area contributed by atoms with Crippen molar-refractivity contribution in [2.45, 2.75) is 64.4 Å². The molecule has 5 heteroatoms. The van der Waals surface area contributed by atoms with Crippen molar-refractivity contribution in [3.63, 3.8) is 0 Å². The number of hydrogen-bond acceptors (Lipinski definition) is 3. The molecule has 0 spiro atoms. The van der Waals surface area contributed by atoms with E-state index in [9.17, 15) is 9.90 Å². The number of allylic oxidation sites excluding steroid dienone is 7. The number of ketones is 1. The number of fused-ring (bicyclic) bond motifs is 2. The molecule has 2 heterocycles. The Balaban J connectivity index is 1.27. The van der Waals surface area contributed by atoms with Crippen molar-refractivity contribution in [3.8, 4) is 16.9 Å². The lowest BCUT2D eigenvalue weighted by molar-refractivity contribution is -0.440. The first-order chi connectivity index (χ1) is 26.3. The fourth-order valence-electron chi connectivity index (χ4n) is 8.67. The molecular formula is C49H48N2O3. The van der Waals surface area contributed by atoms with Crippen molar-refractivity contribution in [2.75, 3.05) is 13.7 Å². The molecule has 2 aliphatic carbocycles. The number of Topliss-reactive ketones (excluding diaryl/α,β-unsaturated/α-hetero) is 1. The number of hydrogen-bond donors (Lipinski definition) is 0. The number of benzene rings is 4. The van der Waals surface area contributed by atoms with Crippen LogP contribution in [0.3, 0.4) is 0 Å². The van der Waals surface area contributed by atoms with Crippen LogP contribution in [0.5, 0.6) is 0 Å². The fraction of sp³-hybridized carbons (Fsp3) is 0.265. The zero-order valence-electron chi connectivity index (χ0n) is 31.7. The number of aryl methyl sites for hydroxylation is 1. The summed E-state index contributed by atoms with van der Waals surface area (Å²) in [5.41, 5.74) is 9.15. The Morgan fingerprint density at radius 2 is 1.61 bits per heavy atom. The van der Waals surface area contributed by atoms with Gasteiger partial charge in [-0.3, -0.25) is 4.79 Å². The average molecular weight is 713 g/mol. The van der Waals surface area contributed by atoms with Crippen LogP contribution in [-0.4, -0.2) is 40.4 Å². The van der Waals surface area contributed by atoms with E-state index in [0.29, 0.717) is 11.5 Å². The summed E-state index contributed by atoms with van der Waals surface area (Å²) in [6, 6.07) is 35.2. The Bertz CT molecular complexity index is 2380. The average Bonchev–Trinajstić information content (AvgIpc) is 3.90. The summed E-state index contributed by atoms with van der Waals surface area (Å²) < 4.78 is 10.2. The molecule has 8 rings (SSSR count). The summed E-state index contributed by atoms with van der Waals surface area (Å²) in [5, 5.41) is 15.6. The molecule has 1 aliphatic heterocycles. The molecule has 2 unspecified atom stereocenters. The smallest absolute Gasteiger partial charge is 0.209 e. The van der Waals surface area contributed by atoms with Crippen molar-refractivity contribution < 1.29 is 19.2 Å². The molecule has 5 aromatic rings. The van der Waals surface area contributed by atoms with Crippen LogP contribution < -0.4 is 5.11 Å². The molecule has 0 bridgehead atoms. The Morgan fingerprint density at radius 1 is 0.907 bits per heavy atom. The Kier molecular flexibility index (Phi) is 9.68. The first kappa shape index (κ1) is 35.5. The minimum absolute atomic E-state index is 0.0690. The summed E-state index contributed by atoms with van der Waals surface area (Å²) in [6.07, 6.45) is 15.8. The number of ether oxygens (including phenoxy) is 1. The summed E-state index contributed by atoms with van der Waals surface area (Å²) in [5.74, 6) is 0.114. The number of unbranched alkanes of at least 4 members (excludes halogenated alkanes) is 1. The highest BCUT2D eigenvalue weighted by Gasteiger charge is 2.48. The SMILES string of the molecule is COC(C)CC[N+]1=C(/C=C2\C(=O)C(c3c(-c4ccc(C)cc4)n(-c4ccccc4)c4ccccc34)=C2[O-])C(C)(CCCCC2C=CC=C2)c2ccccc21. The van der Waals surface area contributed by atoms with Crippen LogP contribution in [0.1, 0.15) is 62.6 Å². The van der Waals surface area contributed by atoms with Crippen molar-refractivity contribution >= 4 is 33.7 Å². The number of methoxy groups -OCH3 is 1. The predicted octanol–water partition coefficient (Wildman–Crippen LogP) is 9.97. The van der Waals surface area contributed by atoms with Crippen LogP contribution in [0.25, 0.3) is 33.4 Å². The highest BCUT2D eigenvalue weighted by Crippen LogP contribution is 2.48. The predicted molar refractivity (Wildman–Crippen MR) is 218 cm³/mol. The van der Waals surface area contributed by atoms with Crippen LogP contribution in [0, 0.1) is 12.8 Å². The molecule has 4 aromatic carbocycles. The second-order valence-corrected chi connectivity index (χ2v) is 15.3. The van der Waals surface area contributed by atoms with Crippen molar-refractivity contribution in [3.05, 3.63) is 162 Å². The lowest BCUT2D eigenvalue weighted by Gasteiger charge is -2.32. The summed E-state index contributed by atoms with van der Waals surface area (Å²) in [6.45, 7) is 7.18. The van der Waals surface area contributed by atoms with E-state index in [-0.39, 0.29) is 34.2 Å². The van der Waals surface area contributed by atoms with Gasteiger partial charge in [-0.05, 0) is 63.3 Å². The second kappa shape index (κ2) is 14.7. The minimum Gasteiger partial charge on any atom is -0.871 e. The van der Waals surface area contributed by atoms with E-state index in [1.807, 2.05) is 42.5 Å². The summed E-state index contributed by atoms with van der Waals surface area (Å²) in [4.78, 5) is 14.7. The molecule has 0 N–H and O–H groups in total. The van der Waals surface area contributed by atoms with Crippen molar-refractivity contribution in [1.82, 2.24) is 4.57 Å². The highest BCUT2D eigenvalue weighted by atomic mass is 16.5. The quantitative estimate of drug-likeness (QED) is 0.0694. The summed E-state index contributed by atoms with van der Waals surface area (Å²) in [7, 11) is 1.75. The van der Waals surface area contributed by atoms with Gasteiger partial charge in [-0.25, -0.2) is 0 Å². The van der Waals surface area contributed by atoms with Crippen LogP contribution in [0.4, 0.5) is 5.69 Å². The number of nitrogens with zero attached hydrogens (tertiary/aromatic N) is 2. The van der Waals surface area contributed by atoms with Gasteiger partial charge in [0.25, 0.3) is 0 Å². The lowest BCUT2D eigenvalue weighted by atomic mass is 9.73. The molecule has 5 nitrogen and oxygen atoms in total. The van der Waals surface area contributed by atoms with Crippen molar-refractivity contribution in [1.29, 1.82) is 0 Å². The molecule has 272 valence electrons. The number of aromatic nitrogens is 1. The Hall–Kier alpha value is -5.52. The van der Waals surface area contributed by atoms with E-state index in [1.54, 1.807) is 7.11 Å². The molecule has 2 atom stereocenters. The molecular weight excluding hydrogens is 665 g/mol. The van der Waals surface area contributed by atoms with Crippen LogP contribution in [0.15, 0.2) is 145 Å². The van der Waals surface area contributed by atoms with Crippen LogP contribution >= 0.6 is 0 Å². The first-order valence-corrected chi connectivity index (χ1v) is 19.4. The topological polar surface area (TPSA) is 57.3 Å². The molecule has 1 aromatic heterocycles. The van der Waals surface area contributed by atoms with E-state index < -0.39 is 0 Å². The molecule has 3 aliphatic rings. The van der Waals surface area contributed by atoms with Gasteiger partial charge in [0.15, 0.2) is 18.0 Å². The largest absolute Gasteiger partial charge is 0.871 e. The lowest BCUT2D eigenvalue weighted by Crippen LogP contribution is -2.35. The van der Waals surface area contributed by atoms with Crippen LogP contribution in [-0.2, 0) is 14.9 Å². The van der Waals surface area contributed by atoms with E-state index in [1.165, 1.54) is 5.56 Å². The minimum atomic E-state index is -0.367. The van der Waals surface area contributed by atoms with Crippen LogP contribution in [0.2, 0.25) is 0 Å². The van der Waals surface area contributed by atoms with Gasteiger partial charge in [0.05, 0.1) is 22.7 Å². The van der Waals surface area contributed by atoms with Gasteiger partial charge in [-0.1, -0.05) is 127 Å². The zero-order valence-corrected chi connectivity index (χ0v) is 31.7. The summed E-state index contributed by atoms with van der Waals surface area (Å²) >= 11 is 0. The normalized spacial score (nSPS) is 19.4. The van der Waals surface area contributed by atoms with Gasteiger partial charge in [0.1, 0.15) is 0 Å². The van der Waals surface area contributed by atoms with E-state index >= 15 is 0 Å². The number of rotatable bonds is 13. The standard InChI is InChI=1S/C49H48N2O3/c1-33-25-27-36(28-26-33)46-44(38-21-10-12-23-41(38)51(46)37-19-6-5-7-20-37)45-47(52)39(48(45)53)32-43-49(3,30-15-14-18-35-16-8-9-17-35)40-22-11-13-24-42(40)50(43)31-29-34(2)54-4/h5-13,16-17,19-28,32,34-35H,14-15,18,29-31H2,1-4H3. The third kappa shape index (κ3) is 6.20. The maximum atomic E-state index is 14.7. The molecule has 0 amide bonds.